The first-order chi connectivity index (χ1) is 19.3. The minimum absolute atomic E-state index is 0.0145. The Hall–Kier alpha value is -4.21. The van der Waals surface area contributed by atoms with Crippen molar-refractivity contribution >= 4 is 38.5 Å². The van der Waals surface area contributed by atoms with Crippen LogP contribution in [0.1, 0.15) is 25.2 Å². The maximum absolute atomic E-state index is 15.1. The highest BCUT2D eigenvalue weighted by molar-refractivity contribution is 7.89. The van der Waals surface area contributed by atoms with E-state index in [9.17, 15) is 18.0 Å². The maximum atomic E-state index is 15.1. The largest absolute Gasteiger partial charge is 0.361 e. The van der Waals surface area contributed by atoms with E-state index < -0.39 is 37.8 Å². The normalized spacial score (nSPS) is 11.8. The molecule has 0 aliphatic carbocycles. The van der Waals surface area contributed by atoms with Gasteiger partial charge in [-0.15, -0.1) is 5.10 Å². The number of benzene rings is 2. The third kappa shape index (κ3) is 6.42. The lowest BCUT2D eigenvalue weighted by atomic mass is 10.1. The number of hydrogen-bond donors (Lipinski definition) is 3. The number of aromatic nitrogens is 4. The Bertz CT molecular complexity index is 1740. The van der Waals surface area contributed by atoms with Gasteiger partial charge in [-0.05, 0) is 42.9 Å². The van der Waals surface area contributed by atoms with Crippen molar-refractivity contribution in [3.8, 4) is 5.69 Å². The van der Waals surface area contributed by atoms with E-state index in [1.54, 1.807) is 38.4 Å². The Morgan fingerprint density at radius 1 is 1.10 bits per heavy atom. The fourth-order valence-corrected chi connectivity index (χ4v) is 4.80. The summed E-state index contributed by atoms with van der Waals surface area (Å²) in [7, 11) is -1.19. The van der Waals surface area contributed by atoms with Gasteiger partial charge in [0.2, 0.25) is 15.9 Å². The van der Waals surface area contributed by atoms with E-state index in [4.69, 9.17) is 5.14 Å². The number of H-pyrrole nitrogens is 1. The van der Waals surface area contributed by atoms with Crippen molar-refractivity contribution < 1.29 is 22.0 Å². The smallest absolute Gasteiger partial charge is 0.264 e. The number of hydrogen-bond acceptors (Lipinski definition) is 8. The van der Waals surface area contributed by atoms with Gasteiger partial charge in [0, 0.05) is 26.2 Å². The fraction of sp³-hybridized carbons (Fsp3) is 0.308. The topological polar surface area (TPSA) is 159 Å². The number of nitrogens with one attached hydrogen (secondary N) is 2. The lowest BCUT2D eigenvalue weighted by Gasteiger charge is -2.17. The molecule has 4 rings (SSSR count). The minimum atomic E-state index is -4.38. The summed E-state index contributed by atoms with van der Waals surface area (Å²) < 4.78 is 54.2. The van der Waals surface area contributed by atoms with Crippen molar-refractivity contribution in [2.24, 2.45) is 5.14 Å². The number of likely N-dealkylation sites (N-methyl/N-ethyl adjacent to an activating group) is 1. The molecule has 0 aliphatic heterocycles. The number of nitrogens with two attached hydrogens (primary N) is 1. The van der Waals surface area contributed by atoms with Gasteiger partial charge in [0.25, 0.3) is 5.56 Å². The van der Waals surface area contributed by atoms with Crippen LogP contribution < -0.4 is 20.9 Å². The Morgan fingerprint density at radius 3 is 2.24 bits per heavy atom. The van der Waals surface area contributed by atoms with Crippen LogP contribution in [-0.2, 0) is 21.2 Å². The van der Waals surface area contributed by atoms with E-state index in [-0.39, 0.29) is 41.5 Å². The molecule has 4 aromatic rings. The molecule has 12 nitrogen and oxygen atoms in total. The summed E-state index contributed by atoms with van der Waals surface area (Å²) >= 11 is 0. The van der Waals surface area contributed by atoms with Gasteiger partial charge in [-0.2, -0.15) is 0 Å². The van der Waals surface area contributed by atoms with Gasteiger partial charge in [-0.3, -0.25) is 14.5 Å². The number of aromatic amines is 1. The van der Waals surface area contributed by atoms with Crippen molar-refractivity contribution in [3.05, 3.63) is 69.8 Å². The van der Waals surface area contributed by atoms with Gasteiger partial charge in [0.15, 0.2) is 23.1 Å². The van der Waals surface area contributed by atoms with Crippen LogP contribution in [-0.4, -0.2) is 72.7 Å². The molecule has 218 valence electrons. The Kier molecular flexibility index (Phi) is 8.51. The zero-order chi connectivity index (χ0) is 30.1. The molecule has 0 spiro atoms. The van der Waals surface area contributed by atoms with Crippen LogP contribution in [0.25, 0.3) is 16.7 Å². The third-order valence-corrected chi connectivity index (χ3v) is 7.29. The number of sulfonamides is 1. The number of carbonyl (C=O) groups is 1. The molecule has 0 atom stereocenters. The summed E-state index contributed by atoms with van der Waals surface area (Å²) in [6, 6.07) is 8.10. The molecular weight excluding hydrogens is 558 g/mol. The van der Waals surface area contributed by atoms with E-state index >= 15 is 8.78 Å². The number of rotatable bonds is 10. The van der Waals surface area contributed by atoms with Crippen molar-refractivity contribution in [2.45, 2.75) is 25.2 Å². The molecule has 2 aromatic heterocycles. The summed E-state index contributed by atoms with van der Waals surface area (Å²) in [5, 5.41) is 12.1. The number of amides is 1. The van der Waals surface area contributed by atoms with Crippen molar-refractivity contribution in [1.82, 2.24) is 24.6 Å². The van der Waals surface area contributed by atoms with Crippen LogP contribution in [0.4, 0.5) is 20.3 Å². The number of primary sulfonamides is 1. The molecule has 41 heavy (non-hydrogen) atoms. The lowest BCUT2D eigenvalue weighted by molar-refractivity contribution is -0.117. The van der Waals surface area contributed by atoms with Gasteiger partial charge in [0.1, 0.15) is 16.9 Å². The van der Waals surface area contributed by atoms with Crippen LogP contribution in [0.5, 0.6) is 0 Å². The second kappa shape index (κ2) is 11.7. The maximum Gasteiger partial charge on any atom is 0.264 e. The second-order valence-electron chi connectivity index (χ2n) is 9.50. The molecule has 0 bridgehead atoms. The van der Waals surface area contributed by atoms with Crippen LogP contribution in [0.3, 0.4) is 0 Å². The van der Waals surface area contributed by atoms with Crippen LogP contribution >= 0.6 is 0 Å². The van der Waals surface area contributed by atoms with Gasteiger partial charge in [0.05, 0.1) is 11.4 Å². The first-order valence-corrected chi connectivity index (χ1v) is 14.2. The van der Waals surface area contributed by atoms with Crippen molar-refractivity contribution in [3.63, 3.8) is 0 Å². The highest BCUT2D eigenvalue weighted by atomic mass is 32.2. The number of halogens is 2. The van der Waals surface area contributed by atoms with Crippen molar-refractivity contribution in [1.29, 1.82) is 0 Å². The third-order valence-electron chi connectivity index (χ3n) is 6.39. The van der Waals surface area contributed by atoms with Gasteiger partial charge in [-0.1, -0.05) is 26.0 Å². The molecule has 0 radical (unpaired) electrons. The van der Waals surface area contributed by atoms with Gasteiger partial charge >= 0.3 is 0 Å². The number of nitrogens with zero attached hydrogens (tertiary/aromatic N) is 5. The number of carbonyl (C=O) groups excluding carboxylic acids is 1. The summed E-state index contributed by atoms with van der Waals surface area (Å²) in [5.74, 6) is -2.37. The highest BCUT2D eigenvalue weighted by Gasteiger charge is 2.25. The quantitative estimate of drug-likeness (QED) is 0.254. The van der Waals surface area contributed by atoms with Gasteiger partial charge in [-0.25, -0.2) is 32.0 Å². The molecule has 0 unspecified atom stereocenters. The van der Waals surface area contributed by atoms with E-state index in [2.05, 4.69) is 20.4 Å². The molecule has 4 N–H and O–H groups in total. The molecular formula is C26H30F2N8O4S. The predicted molar refractivity (Wildman–Crippen MR) is 151 cm³/mol. The average Bonchev–Trinajstić information content (AvgIpc) is 3.27. The average molecular weight is 589 g/mol. The second-order valence-corrected chi connectivity index (χ2v) is 11.1. The first-order valence-electron chi connectivity index (χ1n) is 12.6. The monoisotopic (exact) mass is 588 g/mol. The Labute approximate surface area is 234 Å². The number of anilines is 2. The summed E-state index contributed by atoms with van der Waals surface area (Å²) in [6.07, 6.45) is 0.149. The van der Waals surface area contributed by atoms with Crippen LogP contribution in [0, 0.1) is 11.6 Å². The summed E-state index contributed by atoms with van der Waals surface area (Å²) in [6.45, 7) is 5.74. The number of fused-ring (bicyclic) bond motifs is 1. The zero-order valence-electron chi connectivity index (χ0n) is 22.9. The van der Waals surface area contributed by atoms with Crippen LogP contribution in [0.2, 0.25) is 0 Å². The molecule has 15 heteroatoms. The minimum Gasteiger partial charge on any atom is -0.361 e. The van der Waals surface area contributed by atoms with E-state index in [1.807, 2.05) is 18.7 Å². The standard InChI is InChI=1S/C26H30F2N8O4S/c1-5-35(6-2)14-21(37)30-16-9-7-15(8-10-16)11-20-31-24-22(26(38)32-20)25(34(3)4)33-36(24)23-18(27)12-17(13-19(23)28)41(29,39)40/h7-10,12-13H,5-6,11,14H2,1-4H3,(H,30,37)(H2,29,39,40)(H,31,32,38). The molecule has 0 saturated heterocycles. The van der Waals surface area contributed by atoms with E-state index in [0.717, 1.165) is 23.3 Å². The summed E-state index contributed by atoms with van der Waals surface area (Å²) in [5.41, 5.74) is -0.0890. The van der Waals surface area contributed by atoms with Gasteiger partial charge < -0.3 is 15.2 Å². The SMILES string of the molecule is CCN(CC)CC(=O)Nc1ccc(Cc2nc3c(c(N(C)C)nn3-c3c(F)cc(S(N)(=O)=O)cc3F)c(=O)[nH]2)cc1. The highest BCUT2D eigenvalue weighted by Crippen LogP contribution is 2.28. The van der Waals surface area contributed by atoms with Crippen LogP contribution in [0.15, 0.2) is 46.1 Å². The lowest BCUT2D eigenvalue weighted by Crippen LogP contribution is -2.32. The molecule has 2 aromatic carbocycles. The first kappa shape index (κ1) is 29.8. The molecule has 0 fully saturated rings. The molecule has 2 heterocycles. The fourth-order valence-electron chi connectivity index (χ4n) is 4.27. The molecule has 0 saturated carbocycles. The molecule has 0 aliphatic rings. The zero-order valence-corrected chi connectivity index (χ0v) is 23.7. The van der Waals surface area contributed by atoms with E-state index in [0.29, 0.717) is 17.8 Å². The molecule has 1 amide bonds. The Balaban J connectivity index is 1.70. The Morgan fingerprint density at radius 2 is 1.71 bits per heavy atom. The summed E-state index contributed by atoms with van der Waals surface area (Å²) in [4.78, 5) is 35.3. The predicted octanol–water partition coefficient (Wildman–Crippen LogP) is 1.97. The van der Waals surface area contributed by atoms with Crippen molar-refractivity contribution in [2.75, 3.05) is 43.9 Å². The van der Waals surface area contributed by atoms with E-state index in [1.165, 1.54) is 4.90 Å².